The van der Waals surface area contributed by atoms with Crippen molar-refractivity contribution in [1.82, 2.24) is 9.55 Å². The summed E-state index contributed by atoms with van der Waals surface area (Å²) in [6.45, 7) is 4.34. The van der Waals surface area contributed by atoms with Gasteiger partial charge in [-0.1, -0.05) is 26.0 Å². The van der Waals surface area contributed by atoms with Crippen molar-refractivity contribution < 1.29 is 4.74 Å². The summed E-state index contributed by atoms with van der Waals surface area (Å²) in [4.78, 5) is 4.23. The van der Waals surface area contributed by atoms with E-state index in [0.717, 1.165) is 23.6 Å². The highest BCUT2D eigenvalue weighted by atomic mass is 16.5. The van der Waals surface area contributed by atoms with Crippen molar-refractivity contribution in [1.29, 1.82) is 0 Å². The van der Waals surface area contributed by atoms with E-state index in [9.17, 15) is 0 Å². The number of nitrogens with zero attached hydrogens (tertiary/aromatic N) is 2. The first kappa shape index (κ1) is 13.6. The van der Waals surface area contributed by atoms with Crippen molar-refractivity contribution in [2.45, 2.75) is 26.3 Å². The minimum absolute atomic E-state index is 0.0209. The third-order valence-electron chi connectivity index (χ3n) is 3.12. The van der Waals surface area contributed by atoms with Crippen LogP contribution >= 0.6 is 0 Å². The first-order valence-corrected chi connectivity index (χ1v) is 6.54. The Hall–Kier alpha value is -1.81. The van der Waals surface area contributed by atoms with Crippen LogP contribution in [0, 0.1) is 5.92 Å². The maximum atomic E-state index is 6.27. The Balaban J connectivity index is 2.38. The van der Waals surface area contributed by atoms with E-state index in [1.807, 2.05) is 35.0 Å². The maximum absolute atomic E-state index is 6.27. The van der Waals surface area contributed by atoms with Gasteiger partial charge in [-0.25, -0.2) is 4.98 Å². The van der Waals surface area contributed by atoms with Gasteiger partial charge in [-0.15, -0.1) is 0 Å². The molecule has 0 saturated carbocycles. The lowest BCUT2D eigenvalue weighted by atomic mass is 10.0. The van der Waals surface area contributed by atoms with Gasteiger partial charge in [0.05, 0.1) is 31.0 Å². The number of rotatable bonds is 5. The topological polar surface area (TPSA) is 53.1 Å². The van der Waals surface area contributed by atoms with E-state index in [-0.39, 0.29) is 6.04 Å². The van der Waals surface area contributed by atoms with Crippen LogP contribution in [0.15, 0.2) is 36.8 Å². The second-order valence-electron chi connectivity index (χ2n) is 5.10. The van der Waals surface area contributed by atoms with E-state index < -0.39 is 0 Å². The van der Waals surface area contributed by atoms with Gasteiger partial charge in [-0.3, -0.25) is 4.57 Å². The van der Waals surface area contributed by atoms with Crippen LogP contribution in [0.2, 0.25) is 0 Å². The lowest BCUT2D eigenvalue weighted by molar-refractivity contribution is 0.411. The van der Waals surface area contributed by atoms with Crippen LogP contribution in [-0.4, -0.2) is 16.7 Å². The summed E-state index contributed by atoms with van der Waals surface area (Å²) in [5.74, 6) is 1.37. The zero-order valence-electron chi connectivity index (χ0n) is 11.7. The SMILES string of the molecule is COc1ccccc1-n1cncc1C(N)CC(C)C. The van der Waals surface area contributed by atoms with Gasteiger partial charge in [0.25, 0.3) is 0 Å². The van der Waals surface area contributed by atoms with Crippen LogP contribution in [-0.2, 0) is 0 Å². The summed E-state index contributed by atoms with van der Waals surface area (Å²) >= 11 is 0. The van der Waals surface area contributed by atoms with Crippen LogP contribution in [0.4, 0.5) is 0 Å². The van der Waals surface area contributed by atoms with Gasteiger partial charge in [0.1, 0.15) is 5.75 Å². The molecule has 4 heteroatoms. The summed E-state index contributed by atoms with van der Waals surface area (Å²) in [6, 6.07) is 7.86. The second kappa shape index (κ2) is 5.89. The monoisotopic (exact) mass is 259 g/mol. The highest BCUT2D eigenvalue weighted by molar-refractivity contribution is 5.47. The zero-order valence-corrected chi connectivity index (χ0v) is 11.7. The summed E-state index contributed by atoms with van der Waals surface area (Å²) in [6.07, 6.45) is 4.55. The van der Waals surface area contributed by atoms with Crippen molar-refractivity contribution in [3.8, 4) is 11.4 Å². The molecule has 0 aliphatic carbocycles. The van der Waals surface area contributed by atoms with Gasteiger partial charge in [0, 0.05) is 6.04 Å². The van der Waals surface area contributed by atoms with Crippen LogP contribution < -0.4 is 10.5 Å². The van der Waals surface area contributed by atoms with Crippen molar-refractivity contribution >= 4 is 0 Å². The molecule has 1 atom stereocenters. The molecule has 0 amide bonds. The first-order valence-electron chi connectivity index (χ1n) is 6.54. The Labute approximate surface area is 114 Å². The molecular formula is C15H21N3O. The number of para-hydroxylation sites is 2. The average molecular weight is 259 g/mol. The number of methoxy groups -OCH3 is 1. The van der Waals surface area contributed by atoms with E-state index in [1.54, 1.807) is 13.4 Å². The standard InChI is InChI=1S/C15H21N3O/c1-11(2)8-12(16)14-9-17-10-18(14)13-6-4-5-7-15(13)19-3/h4-7,9-12H,8,16H2,1-3H3. The fraction of sp³-hybridized carbons (Fsp3) is 0.400. The van der Waals surface area contributed by atoms with E-state index >= 15 is 0 Å². The molecule has 1 heterocycles. The molecular weight excluding hydrogens is 238 g/mol. The van der Waals surface area contributed by atoms with Crippen molar-refractivity contribution in [2.24, 2.45) is 11.7 Å². The molecule has 19 heavy (non-hydrogen) atoms. The molecule has 2 aromatic rings. The lowest BCUT2D eigenvalue weighted by Crippen LogP contribution is -2.16. The molecule has 0 spiro atoms. The minimum Gasteiger partial charge on any atom is -0.495 e. The van der Waals surface area contributed by atoms with Crippen LogP contribution in [0.3, 0.4) is 0 Å². The fourth-order valence-electron chi connectivity index (χ4n) is 2.24. The summed E-state index contributed by atoms with van der Waals surface area (Å²) in [7, 11) is 1.67. The van der Waals surface area contributed by atoms with E-state index in [1.165, 1.54) is 0 Å². The number of imidazole rings is 1. The number of benzene rings is 1. The largest absolute Gasteiger partial charge is 0.495 e. The van der Waals surface area contributed by atoms with Gasteiger partial charge in [-0.2, -0.15) is 0 Å². The van der Waals surface area contributed by atoms with Gasteiger partial charge in [0.15, 0.2) is 0 Å². The number of hydrogen-bond donors (Lipinski definition) is 1. The Kier molecular flexibility index (Phi) is 4.22. The highest BCUT2D eigenvalue weighted by Gasteiger charge is 2.15. The molecule has 0 aliphatic heterocycles. The fourth-order valence-corrected chi connectivity index (χ4v) is 2.24. The predicted octanol–water partition coefficient (Wildman–Crippen LogP) is 2.93. The second-order valence-corrected chi connectivity index (χ2v) is 5.10. The normalized spacial score (nSPS) is 12.7. The average Bonchev–Trinajstić information content (AvgIpc) is 2.87. The van der Waals surface area contributed by atoms with Crippen LogP contribution in [0.5, 0.6) is 5.75 Å². The third-order valence-corrected chi connectivity index (χ3v) is 3.12. The molecule has 1 aromatic carbocycles. The molecule has 0 aliphatic rings. The summed E-state index contributed by atoms with van der Waals surface area (Å²) < 4.78 is 7.40. The third kappa shape index (κ3) is 2.96. The minimum atomic E-state index is -0.0209. The van der Waals surface area contributed by atoms with Gasteiger partial charge < -0.3 is 10.5 Å². The molecule has 2 rings (SSSR count). The molecule has 1 unspecified atom stereocenters. The molecule has 0 radical (unpaired) electrons. The van der Waals surface area contributed by atoms with Crippen molar-refractivity contribution in [3.05, 3.63) is 42.5 Å². The summed E-state index contributed by atoms with van der Waals surface area (Å²) in [5.41, 5.74) is 8.25. The van der Waals surface area contributed by atoms with Crippen molar-refractivity contribution in [3.63, 3.8) is 0 Å². The van der Waals surface area contributed by atoms with E-state index in [2.05, 4.69) is 18.8 Å². The molecule has 4 nitrogen and oxygen atoms in total. The van der Waals surface area contributed by atoms with Crippen LogP contribution in [0.25, 0.3) is 5.69 Å². The number of nitrogens with two attached hydrogens (primary N) is 1. The molecule has 102 valence electrons. The summed E-state index contributed by atoms with van der Waals surface area (Å²) in [5, 5.41) is 0. The Morgan fingerprint density at radius 2 is 2.05 bits per heavy atom. The molecule has 0 bridgehead atoms. The predicted molar refractivity (Wildman–Crippen MR) is 76.5 cm³/mol. The number of aromatic nitrogens is 2. The quantitative estimate of drug-likeness (QED) is 0.898. The van der Waals surface area contributed by atoms with Gasteiger partial charge in [-0.05, 0) is 24.5 Å². The van der Waals surface area contributed by atoms with Gasteiger partial charge >= 0.3 is 0 Å². The first-order chi connectivity index (χ1) is 9.13. The Morgan fingerprint density at radius 1 is 1.32 bits per heavy atom. The van der Waals surface area contributed by atoms with Gasteiger partial charge in [0.2, 0.25) is 0 Å². The molecule has 2 N–H and O–H groups in total. The number of ether oxygens (including phenoxy) is 1. The van der Waals surface area contributed by atoms with Crippen LogP contribution in [0.1, 0.15) is 32.0 Å². The lowest BCUT2D eigenvalue weighted by Gasteiger charge is -2.18. The number of hydrogen-bond acceptors (Lipinski definition) is 3. The van der Waals surface area contributed by atoms with E-state index in [4.69, 9.17) is 10.5 Å². The highest BCUT2D eigenvalue weighted by Crippen LogP contribution is 2.27. The molecule has 0 saturated heterocycles. The van der Waals surface area contributed by atoms with E-state index in [0.29, 0.717) is 5.92 Å². The maximum Gasteiger partial charge on any atom is 0.142 e. The molecule has 0 fully saturated rings. The Morgan fingerprint density at radius 3 is 2.74 bits per heavy atom. The zero-order chi connectivity index (χ0) is 13.8. The smallest absolute Gasteiger partial charge is 0.142 e. The Bertz CT molecular complexity index is 534. The molecule has 1 aromatic heterocycles. The van der Waals surface area contributed by atoms with Crippen molar-refractivity contribution in [2.75, 3.05) is 7.11 Å².